The number of carbonyl (C=O) groups excluding carboxylic acids is 1. The highest BCUT2D eigenvalue weighted by molar-refractivity contribution is 5.91. The number of amides is 1. The van der Waals surface area contributed by atoms with Crippen LogP contribution in [0.2, 0.25) is 0 Å². The van der Waals surface area contributed by atoms with E-state index in [0.717, 1.165) is 0 Å². The van der Waals surface area contributed by atoms with Crippen LogP contribution in [0.1, 0.15) is 23.8 Å². The summed E-state index contributed by atoms with van der Waals surface area (Å²) in [5.41, 5.74) is 11.8. The fraction of sp³-hybridized carbons (Fsp3) is 0.500. The van der Waals surface area contributed by atoms with Gasteiger partial charge in [-0.05, 0) is 24.5 Å². The number of aliphatic hydroxyl groups is 1. The van der Waals surface area contributed by atoms with Crippen LogP contribution in [0.5, 0.6) is 0 Å². The van der Waals surface area contributed by atoms with Crippen LogP contribution in [0.15, 0.2) is 12.1 Å². The van der Waals surface area contributed by atoms with E-state index in [1.807, 2.05) is 11.8 Å². The van der Waals surface area contributed by atoms with E-state index in [0.29, 0.717) is 31.0 Å². The minimum atomic E-state index is -0.568. The van der Waals surface area contributed by atoms with Crippen LogP contribution in [0, 0.1) is 5.92 Å². The van der Waals surface area contributed by atoms with Crippen molar-refractivity contribution in [2.24, 2.45) is 11.7 Å². The summed E-state index contributed by atoms with van der Waals surface area (Å²) in [5.74, 6) is 0.156. The van der Waals surface area contributed by atoms with E-state index in [1.54, 1.807) is 6.07 Å². The molecule has 1 fully saturated rings. The van der Waals surface area contributed by atoms with Gasteiger partial charge in [-0.2, -0.15) is 0 Å². The molecular formula is C12H18N4O2. The fourth-order valence-electron chi connectivity index (χ4n) is 2.18. The van der Waals surface area contributed by atoms with E-state index in [2.05, 4.69) is 4.98 Å². The quantitative estimate of drug-likeness (QED) is 0.683. The van der Waals surface area contributed by atoms with Crippen LogP contribution in [0.3, 0.4) is 0 Å². The smallest absolute Gasteiger partial charge is 0.267 e. The lowest BCUT2D eigenvalue weighted by Gasteiger charge is -2.35. The molecular weight excluding hydrogens is 232 g/mol. The second-order valence-corrected chi connectivity index (χ2v) is 4.75. The number of rotatable bonds is 2. The van der Waals surface area contributed by atoms with Crippen molar-refractivity contribution in [1.29, 1.82) is 0 Å². The summed E-state index contributed by atoms with van der Waals surface area (Å²) in [7, 11) is 0. The number of nitrogen functional groups attached to an aromatic ring is 1. The average Bonchev–Trinajstić information content (AvgIpc) is 2.33. The molecule has 18 heavy (non-hydrogen) atoms. The van der Waals surface area contributed by atoms with Crippen LogP contribution in [0.25, 0.3) is 0 Å². The second kappa shape index (κ2) is 4.81. The molecule has 0 aliphatic carbocycles. The molecule has 98 valence electrons. The first-order valence-corrected chi connectivity index (χ1v) is 5.98. The Morgan fingerprint density at radius 1 is 1.56 bits per heavy atom. The average molecular weight is 250 g/mol. The number of pyridine rings is 1. The number of hydrogen-bond donors (Lipinski definition) is 3. The molecule has 6 heteroatoms. The summed E-state index contributed by atoms with van der Waals surface area (Å²) in [6.45, 7) is 3.32. The molecule has 1 saturated heterocycles. The van der Waals surface area contributed by atoms with Gasteiger partial charge in [0.2, 0.25) is 0 Å². The minimum Gasteiger partial charge on any atom is -0.396 e. The van der Waals surface area contributed by atoms with Gasteiger partial charge < -0.3 is 21.5 Å². The number of nitrogens with two attached hydrogens (primary N) is 2. The Morgan fingerprint density at radius 3 is 2.89 bits per heavy atom. The Hall–Kier alpha value is -1.82. The molecule has 1 aliphatic heterocycles. The largest absolute Gasteiger partial charge is 0.396 e. The topological polar surface area (TPSA) is 105 Å². The van der Waals surface area contributed by atoms with Crippen molar-refractivity contribution >= 4 is 17.4 Å². The van der Waals surface area contributed by atoms with Gasteiger partial charge in [0.1, 0.15) is 5.69 Å². The maximum absolute atomic E-state index is 11.1. The Kier molecular flexibility index (Phi) is 3.38. The molecule has 6 nitrogen and oxygen atoms in total. The third kappa shape index (κ3) is 2.38. The van der Waals surface area contributed by atoms with Gasteiger partial charge in [0.15, 0.2) is 5.82 Å². The monoisotopic (exact) mass is 250 g/mol. The summed E-state index contributed by atoms with van der Waals surface area (Å²) in [5, 5.41) is 9.70. The fourth-order valence-corrected chi connectivity index (χ4v) is 2.18. The molecule has 1 aromatic heterocycles. The summed E-state index contributed by atoms with van der Waals surface area (Å²) < 4.78 is 0. The van der Waals surface area contributed by atoms with Crippen molar-refractivity contribution in [3.63, 3.8) is 0 Å². The van der Waals surface area contributed by atoms with Gasteiger partial charge in [0, 0.05) is 13.1 Å². The molecule has 2 heterocycles. The molecule has 2 unspecified atom stereocenters. The molecule has 1 aromatic rings. The molecule has 0 bridgehead atoms. The van der Waals surface area contributed by atoms with Crippen LogP contribution < -0.4 is 16.4 Å². The molecule has 5 N–H and O–H groups in total. The Morgan fingerprint density at radius 2 is 2.28 bits per heavy atom. The van der Waals surface area contributed by atoms with E-state index in [1.165, 1.54) is 6.07 Å². The van der Waals surface area contributed by atoms with Crippen LogP contribution >= 0.6 is 0 Å². The lowest BCUT2D eigenvalue weighted by atomic mass is 9.97. The van der Waals surface area contributed by atoms with E-state index in [-0.39, 0.29) is 17.7 Å². The van der Waals surface area contributed by atoms with Gasteiger partial charge in [-0.25, -0.2) is 4.98 Å². The molecule has 0 spiro atoms. The Labute approximate surface area is 106 Å². The van der Waals surface area contributed by atoms with Crippen molar-refractivity contribution in [3.8, 4) is 0 Å². The van der Waals surface area contributed by atoms with Crippen LogP contribution in [-0.4, -0.2) is 35.2 Å². The molecule has 2 atom stereocenters. The zero-order chi connectivity index (χ0) is 13.3. The summed E-state index contributed by atoms with van der Waals surface area (Å²) >= 11 is 0. The van der Waals surface area contributed by atoms with E-state index in [9.17, 15) is 9.90 Å². The molecule has 0 saturated carbocycles. The van der Waals surface area contributed by atoms with Crippen molar-refractivity contribution in [2.45, 2.75) is 19.4 Å². The zero-order valence-corrected chi connectivity index (χ0v) is 10.3. The number of aliphatic hydroxyl groups excluding tert-OH is 1. The number of piperidine rings is 1. The first-order valence-electron chi connectivity index (χ1n) is 5.98. The predicted molar refractivity (Wildman–Crippen MR) is 69.2 cm³/mol. The number of nitrogens with zero attached hydrogens (tertiary/aromatic N) is 2. The van der Waals surface area contributed by atoms with Crippen molar-refractivity contribution in [2.75, 3.05) is 23.7 Å². The van der Waals surface area contributed by atoms with E-state index >= 15 is 0 Å². The third-order valence-corrected chi connectivity index (χ3v) is 3.32. The van der Waals surface area contributed by atoms with Crippen molar-refractivity contribution in [3.05, 3.63) is 17.8 Å². The number of aromatic nitrogens is 1. The highest BCUT2D eigenvalue weighted by Crippen LogP contribution is 2.26. The second-order valence-electron chi connectivity index (χ2n) is 4.75. The molecule has 0 aromatic carbocycles. The van der Waals surface area contributed by atoms with Gasteiger partial charge >= 0.3 is 0 Å². The van der Waals surface area contributed by atoms with Gasteiger partial charge in [0.05, 0.1) is 11.8 Å². The van der Waals surface area contributed by atoms with Gasteiger partial charge in [-0.15, -0.1) is 0 Å². The first kappa shape index (κ1) is 12.6. The van der Waals surface area contributed by atoms with Crippen molar-refractivity contribution < 1.29 is 9.90 Å². The normalized spacial score (nSPS) is 24.0. The molecule has 0 radical (unpaired) electrons. The highest BCUT2D eigenvalue weighted by atomic mass is 16.3. The van der Waals surface area contributed by atoms with E-state index in [4.69, 9.17) is 11.5 Å². The lowest BCUT2D eigenvalue weighted by molar-refractivity contribution is 0.0965. The number of hydrogen-bond acceptors (Lipinski definition) is 5. The van der Waals surface area contributed by atoms with Gasteiger partial charge in [-0.3, -0.25) is 4.79 Å². The van der Waals surface area contributed by atoms with Crippen LogP contribution in [0.4, 0.5) is 11.5 Å². The molecule has 1 amide bonds. The maximum atomic E-state index is 11.1. The summed E-state index contributed by atoms with van der Waals surface area (Å²) in [6.07, 6.45) is 0.380. The summed E-state index contributed by atoms with van der Waals surface area (Å²) in [6, 6.07) is 3.15. The van der Waals surface area contributed by atoms with Gasteiger partial charge in [0.25, 0.3) is 5.91 Å². The predicted octanol–water partition coefficient (Wildman–Crippen LogP) is -0.0302. The minimum absolute atomic E-state index is 0.150. The van der Waals surface area contributed by atoms with E-state index < -0.39 is 5.91 Å². The molecule has 1 aliphatic rings. The Balaban J connectivity index is 2.27. The molecule has 2 rings (SSSR count). The maximum Gasteiger partial charge on any atom is 0.267 e. The summed E-state index contributed by atoms with van der Waals surface area (Å²) in [4.78, 5) is 17.3. The standard InChI is InChI=1S/C12H18N4O2/c1-7-6-16(5-4-10(7)17)12-8(13)2-3-9(15-12)11(14)18/h2-3,7,10,17H,4-6,13H2,1H3,(H2,14,18). The van der Waals surface area contributed by atoms with Crippen LogP contribution in [-0.2, 0) is 0 Å². The number of anilines is 2. The Bertz CT molecular complexity index is 463. The first-order chi connectivity index (χ1) is 8.49. The third-order valence-electron chi connectivity index (χ3n) is 3.32. The number of primary amides is 1. The number of carbonyl (C=O) groups is 1. The lowest BCUT2D eigenvalue weighted by Crippen LogP contribution is -2.42. The van der Waals surface area contributed by atoms with Gasteiger partial charge in [-0.1, -0.05) is 6.92 Å². The SMILES string of the molecule is CC1CN(c2nc(C(N)=O)ccc2N)CCC1O. The highest BCUT2D eigenvalue weighted by Gasteiger charge is 2.26. The zero-order valence-electron chi connectivity index (χ0n) is 10.3. The van der Waals surface area contributed by atoms with Crippen molar-refractivity contribution in [1.82, 2.24) is 4.98 Å².